The van der Waals surface area contributed by atoms with E-state index in [0.717, 1.165) is 11.1 Å². The van der Waals surface area contributed by atoms with Crippen LogP contribution < -0.4 is 5.73 Å². The first-order valence-electron chi connectivity index (χ1n) is 6.12. The molecule has 100 valence electrons. The fourth-order valence-electron chi connectivity index (χ4n) is 2.12. The lowest BCUT2D eigenvalue weighted by Crippen LogP contribution is -2.00. The van der Waals surface area contributed by atoms with Gasteiger partial charge in [-0.2, -0.15) is 5.10 Å². The van der Waals surface area contributed by atoms with E-state index in [4.69, 9.17) is 10.5 Å². The molecule has 3 rings (SSSR count). The number of benzene rings is 2. The molecule has 2 N–H and O–H groups in total. The van der Waals surface area contributed by atoms with Gasteiger partial charge < -0.3 is 10.5 Å². The van der Waals surface area contributed by atoms with E-state index < -0.39 is 0 Å². The molecule has 0 amide bonds. The Morgan fingerprint density at radius 1 is 1.20 bits per heavy atom. The van der Waals surface area contributed by atoms with Crippen LogP contribution in [0.5, 0.6) is 0 Å². The van der Waals surface area contributed by atoms with E-state index in [2.05, 4.69) is 5.10 Å². The van der Waals surface area contributed by atoms with Crippen LogP contribution in [0, 0.1) is 0 Å². The Kier molecular flexibility index (Phi) is 2.87. The highest BCUT2D eigenvalue weighted by Gasteiger charge is 2.12. The quantitative estimate of drug-likeness (QED) is 0.724. The fourth-order valence-corrected chi connectivity index (χ4v) is 2.12. The lowest BCUT2D eigenvalue weighted by molar-refractivity contribution is 0.0601. The first-order valence-corrected chi connectivity index (χ1v) is 6.12. The van der Waals surface area contributed by atoms with Gasteiger partial charge in [0.1, 0.15) is 5.82 Å². The maximum atomic E-state index is 11.5. The van der Waals surface area contributed by atoms with Gasteiger partial charge in [-0.3, -0.25) is 0 Å². The van der Waals surface area contributed by atoms with Crippen molar-refractivity contribution >= 4 is 22.7 Å². The third-order valence-corrected chi connectivity index (χ3v) is 3.13. The number of fused-ring (bicyclic) bond motifs is 1. The van der Waals surface area contributed by atoms with Crippen molar-refractivity contribution in [3.8, 4) is 5.69 Å². The second kappa shape index (κ2) is 4.70. The number of rotatable bonds is 2. The zero-order valence-electron chi connectivity index (χ0n) is 10.9. The van der Waals surface area contributed by atoms with Crippen LogP contribution in [-0.4, -0.2) is 22.9 Å². The summed E-state index contributed by atoms with van der Waals surface area (Å²) in [6.45, 7) is 0. The molecule has 1 heterocycles. The first-order chi connectivity index (χ1) is 9.70. The highest BCUT2D eigenvalue weighted by atomic mass is 16.5. The molecule has 0 spiro atoms. The van der Waals surface area contributed by atoms with Crippen LogP contribution in [0.1, 0.15) is 10.4 Å². The SMILES string of the molecule is COC(=O)c1ccc2c(N)n(-c3ccccc3)nc2c1. The number of carbonyl (C=O) groups is 1. The van der Waals surface area contributed by atoms with Crippen molar-refractivity contribution in [3.05, 3.63) is 54.1 Å². The van der Waals surface area contributed by atoms with Gasteiger partial charge in [-0.1, -0.05) is 18.2 Å². The largest absolute Gasteiger partial charge is 0.465 e. The Bertz CT molecular complexity index is 778. The molecule has 0 radical (unpaired) electrons. The molecule has 0 aliphatic carbocycles. The van der Waals surface area contributed by atoms with Gasteiger partial charge in [0.25, 0.3) is 0 Å². The van der Waals surface area contributed by atoms with Gasteiger partial charge in [0.15, 0.2) is 0 Å². The molecule has 5 heteroatoms. The molecule has 1 aromatic heterocycles. The van der Waals surface area contributed by atoms with Crippen molar-refractivity contribution in [2.75, 3.05) is 12.8 Å². The van der Waals surface area contributed by atoms with Crippen molar-refractivity contribution < 1.29 is 9.53 Å². The molecular weight excluding hydrogens is 254 g/mol. The van der Waals surface area contributed by atoms with Crippen molar-refractivity contribution in [1.82, 2.24) is 9.78 Å². The van der Waals surface area contributed by atoms with E-state index in [-0.39, 0.29) is 5.97 Å². The molecule has 0 saturated heterocycles. The standard InChI is InChI=1S/C15H13N3O2/c1-20-15(19)10-7-8-12-13(9-10)17-18(14(12)16)11-5-3-2-4-6-11/h2-9H,16H2,1H3. The van der Waals surface area contributed by atoms with Gasteiger partial charge in [-0.15, -0.1) is 0 Å². The van der Waals surface area contributed by atoms with E-state index in [0.29, 0.717) is 16.9 Å². The van der Waals surface area contributed by atoms with Gasteiger partial charge in [0.05, 0.1) is 23.9 Å². The third kappa shape index (κ3) is 1.89. The minimum Gasteiger partial charge on any atom is -0.465 e. The third-order valence-electron chi connectivity index (χ3n) is 3.13. The average Bonchev–Trinajstić information content (AvgIpc) is 2.84. The summed E-state index contributed by atoms with van der Waals surface area (Å²) in [6, 6.07) is 14.7. The molecule has 0 bridgehead atoms. The molecule has 0 saturated carbocycles. The number of carbonyl (C=O) groups excluding carboxylic acids is 1. The zero-order valence-corrected chi connectivity index (χ0v) is 10.9. The van der Waals surface area contributed by atoms with Crippen LogP contribution >= 0.6 is 0 Å². The predicted molar refractivity (Wildman–Crippen MR) is 76.8 cm³/mol. The number of para-hydroxylation sites is 1. The van der Waals surface area contributed by atoms with Crippen LogP contribution in [0.15, 0.2) is 48.5 Å². The summed E-state index contributed by atoms with van der Waals surface area (Å²) >= 11 is 0. The minimum absolute atomic E-state index is 0.389. The molecule has 0 aliphatic rings. The first kappa shape index (κ1) is 12.2. The van der Waals surface area contributed by atoms with Crippen molar-refractivity contribution in [3.63, 3.8) is 0 Å². The minimum atomic E-state index is -0.389. The molecule has 0 aliphatic heterocycles. The zero-order chi connectivity index (χ0) is 14.1. The summed E-state index contributed by atoms with van der Waals surface area (Å²) in [5.74, 6) is 0.155. The van der Waals surface area contributed by atoms with Crippen LogP contribution in [0.4, 0.5) is 5.82 Å². The number of nitrogen functional groups attached to an aromatic ring is 1. The molecule has 5 nitrogen and oxygen atoms in total. The number of nitrogens with zero attached hydrogens (tertiary/aromatic N) is 2. The molecule has 0 atom stereocenters. The number of esters is 1. The summed E-state index contributed by atoms with van der Waals surface area (Å²) in [6.07, 6.45) is 0. The van der Waals surface area contributed by atoms with Gasteiger partial charge in [-0.05, 0) is 30.3 Å². The number of anilines is 1. The number of hydrogen-bond acceptors (Lipinski definition) is 4. The second-order valence-electron chi connectivity index (χ2n) is 4.36. The Morgan fingerprint density at radius 2 is 1.95 bits per heavy atom. The normalized spacial score (nSPS) is 10.7. The Hall–Kier alpha value is -2.82. The highest BCUT2D eigenvalue weighted by Crippen LogP contribution is 2.24. The van der Waals surface area contributed by atoms with Crippen LogP contribution in [0.25, 0.3) is 16.6 Å². The highest BCUT2D eigenvalue weighted by molar-refractivity contribution is 5.97. The fraction of sp³-hybridized carbons (Fsp3) is 0.0667. The van der Waals surface area contributed by atoms with E-state index in [9.17, 15) is 4.79 Å². The number of aromatic nitrogens is 2. The summed E-state index contributed by atoms with van der Waals surface area (Å²) in [5, 5.41) is 5.25. The Labute approximate surface area is 115 Å². The molecule has 2 aromatic carbocycles. The van der Waals surface area contributed by atoms with Crippen LogP contribution in [0.3, 0.4) is 0 Å². The van der Waals surface area contributed by atoms with Crippen LogP contribution in [0.2, 0.25) is 0 Å². The van der Waals surface area contributed by atoms with Gasteiger partial charge >= 0.3 is 5.97 Å². The van der Waals surface area contributed by atoms with E-state index in [1.54, 1.807) is 22.9 Å². The van der Waals surface area contributed by atoms with Gasteiger partial charge in [0.2, 0.25) is 0 Å². The summed E-state index contributed by atoms with van der Waals surface area (Å²) in [5.41, 5.74) is 8.11. The molecule has 0 fully saturated rings. The Morgan fingerprint density at radius 3 is 2.65 bits per heavy atom. The number of methoxy groups -OCH3 is 1. The van der Waals surface area contributed by atoms with E-state index in [1.165, 1.54) is 7.11 Å². The average molecular weight is 267 g/mol. The second-order valence-corrected chi connectivity index (χ2v) is 4.36. The van der Waals surface area contributed by atoms with E-state index in [1.807, 2.05) is 30.3 Å². The van der Waals surface area contributed by atoms with Crippen LogP contribution in [-0.2, 0) is 4.74 Å². The summed E-state index contributed by atoms with van der Waals surface area (Å²) in [7, 11) is 1.35. The number of hydrogen-bond donors (Lipinski definition) is 1. The van der Waals surface area contributed by atoms with Gasteiger partial charge in [-0.25, -0.2) is 9.48 Å². The smallest absolute Gasteiger partial charge is 0.337 e. The monoisotopic (exact) mass is 267 g/mol. The molecule has 0 unspecified atom stereocenters. The predicted octanol–water partition coefficient (Wildman–Crippen LogP) is 2.39. The molecule has 20 heavy (non-hydrogen) atoms. The van der Waals surface area contributed by atoms with Crippen molar-refractivity contribution in [1.29, 1.82) is 0 Å². The van der Waals surface area contributed by atoms with Gasteiger partial charge in [0, 0.05) is 5.39 Å². The van der Waals surface area contributed by atoms with E-state index >= 15 is 0 Å². The number of ether oxygens (including phenoxy) is 1. The maximum absolute atomic E-state index is 11.5. The lowest BCUT2D eigenvalue weighted by Gasteiger charge is -2.02. The lowest BCUT2D eigenvalue weighted by atomic mass is 10.1. The topological polar surface area (TPSA) is 70.1 Å². The molecule has 3 aromatic rings. The maximum Gasteiger partial charge on any atom is 0.337 e. The summed E-state index contributed by atoms with van der Waals surface area (Å²) in [4.78, 5) is 11.5. The number of nitrogens with two attached hydrogens (primary N) is 1. The summed E-state index contributed by atoms with van der Waals surface area (Å²) < 4.78 is 6.36. The Balaban J connectivity index is 2.17. The molecular formula is C15H13N3O2. The van der Waals surface area contributed by atoms with Crippen molar-refractivity contribution in [2.45, 2.75) is 0 Å². The van der Waals surface area contributed by atoms with Crippen molar-refractivity contribution in [2.24, 2.45) is 0 Å².